The van der Waals surface area contributed by atoms with Crippen LogP contribution in [0.5, 0.6) is 0 Å². The van der Waals surface area contributed by atoms with Gasteiger partial charge in [-0.1, -0.05) is 44.4 Å². The van der Waals surface area contributed by atoms with Crippen molar-refractivity contribution in [3.8, 4) is 0 Å². The van der Waals surface area contributed by atoms with Gasteiger partial charge in [-0.2, -0.15) is 0 Å². The van der Waals surface area contributed by atoms with Crippen LogP contribution in [0, 0.1) is 13.8 Å². The van der Waals surface area contributed by atoms with Crippen LogP contribution in [0.2, 0.25) is 0 Å². The monoisotopic (exact) mass is 288 g/mol. The predicted octanol–water partition coefficient (Wildman–Crippen LogP) is 4.39. The molecule has 2 amide bonds. The number of carbonyl (C=O) groups excluding carboxylic acids is 1. The highest BCUT2D eigenvalue weighted by atomic mass is 16.2. The van der Waals surface area contributed by atoms with Crippen LogP contribution in [0.1, 0.15) is 68.2 Å². The molecule has 0 aromatic heterocycles. The quantitative estimate of drug-likeness (QED) is 0.847. The molecule has 1 aliphatic rings. The fraction of sp³-hybridized carbons (Fsp3) is 0.611. The second kappa shape index (κ2) is 7.48. The van der Waals surface area contributed by atoms with Gasteiger partial charge in [0.05, 0.1) is 6.04 Å². The summed E-state index contributed by atoms with van der Waals surface area (Å²) < 4.78 is 0. The summed E-state index contributed by atoms with van der Waals surface area (Å²) in [6, 6.07) is 6.87. The van der Waals surface area contributed by atoms with Crippen molar-refractivity contribution in [3.05, 3.63) is 34.9 Å². The van der Waals surface area contributed by atoms with Crippen LogP contribution in [0.4, 0.5) is 4.79 Å². The van der Waals surface area contributed by atoms with Crippen molar-refractivity contribution in [2.45, 2.75) is 71.4 Å². The minimum atomic E-state index is -0.0213. The molecule has 1 saturated carbocycles. The van der Waals surface area contributed by atoms with E-state index in [1.165, 1.54) is 36.0 Å². The summed E-state index contributed by atoms with van der Waals surface area (Å²) in [5.41, 5.74) is 3.76. The maximum Gasteiger partial charge on any atom is 0.315 e. The van der Waals surface area contributed by atoms with E-state index in [1.54, 1.807) is 0 Å². The topological polar surface area (TPSA) is 41.1 Å². The summed E-state index contributed by atoms with van der Waals surface area (Å²) in [5, 5.41) is 6.26. The molecule has 1 aromatic rings. The van der Waals surface area contributed by atoms with Gasteiger partial charge in [-0.05, 0) is 49.8 Å². The maximum atomic E-state index is 12.2. The fourth-order valence-electron chi connectivity index (χ4n) is 3.03. The van der Waals surface area contributed by atoms with E-state index < -0.39 is 0 Å². The Kier molecular flexibility index (Phi) is 5.66. The van der Waals surface area contributed by atoms with Crippen molar-refractivity contribution >= 4 is 6.03 Å². The van der Waals surface area contributed by atoms with Gasteiger partial charge in [-0.3, -0.25) is 0 Å². The van der Waals surface area contributed by atoms with Gasteiger partial charge in [0.15, 0.2) is 0 Å². The molecule has 1 atom stereocenters. The van der Waals surface area contributed by atoms with E-state index in [0.29, 0.717) is 6.04 Å². The van der Waals surface area contributed by atoms with Gasteiger partial charge >= 0.3 is 6.03 Å². The van der Waals surface area contributed by atoms with Gasteiger partial charge in [-0.25, -0.2) is 4.79 Å². The third-order valence-corrected chi connectivity index (χ3v) is 4.59. The minimum absolute atomic E-state index is 0.0213. The first-order valence-electron chi connectivity index (χ1n) is 8.24. The zero-order valence-electron chi connectivity index (χ0n) is 13.5. The second-order valence-electron chi connectivity index (χ2n) is 6.26. The lowest BCUT2D eigenvalue weighted by molar-refractivity contribution is 0.228. The van der Waals surface area contributed by atoms with Gasteiger partial charge in [-0.15, -0.1) is 0 Å². The second-order valence-corrected chi connectivity index (χ2v) is 6.26. The number of benzene rings is 1. The highest BCUT2D eigenvalue weighted by molar-refractivity contribution is 5.74. The number of rotatable bonds is 4. The summed E-state index contributed by atoms with van der Waals surface area (Å²) in [4.78, 5) is 12.2. The van der Waals surface area contributed by atoms with E-state index in [4.69, 9.17) is 0 Å². The number of nitrogens with one attached hydrogen (secondary N) is 2. The number of carbonyl (C=O) groups is 1. The SMILES string of the molecule is CC[C@H](NC(=O)NC1CCCCC1)c1ccc(C)c(C)c1. The van der Waals surface area contributed by atoms with Crippen LogP contribution in [-0.2, 0) is 0 Å². The van der Waals surface area contributed by atoms with Crippen molar-refractivity contribution in [2.24, 2.45) is 0 Å². The molecule has 0 spiro atoms. The maximum absolute atomic E-state index is 12.2. The molecule has 0 bridgehead atoms. The largest absolute Gasteiger partial charge is 0.335 e. The standard InChI is InChI=1S/C18H28N2O/c1-4-17(15-11-10-13(2)14(3)12-15)20-18(21)19-16-8-6-5-7-9-16/h10-12,16-17H,4-9H2,1-3H3,(H2,19,20,21)/t17-/m0/s1. The van der Waals surface area contributed by atoms with E-state index in [2.05, 4.69) is 49.6 Å². The zero-order chi connectivity index (χ0) is 15.2. The Morgan fingerprint density at radius 1 is 1.19 bits per heavy atom. The highest BCUT2D eigenvalue weighted by Crippen LogP contribution is 2.20. The van der Waals surface area contributed by atoms with Crippen LogP contribution >= 0.6 is 0 Å². The first-order chi connectivity index (χ1) is 10.1. The van der Waals surface area contributed by atoms with Crippen molar-refractivity contribution in [2.75, 3.05) is 0 Å². The van der Waals surface area contributed by atoms with Gasteiger partial charge in [0, 0.05) is 6.04 Å². The third kappa shape index (κ3) is 4.48. The van der Waals surface area contributed by atoms with Crippen LogP contribution in [-0.4, -0.2) is 12.1 Å². The first kappa shape index (κ1) is 15.9. The fourth-order valence-corrected chi connectivity index (χ4v) is 3.03. The summed E-state index contributed by atoms with van der Waals surface area (Å²) in [5.74, 6) is 0. The molecule has 1 aromatic carbocycles. The predicted molar refractivity (Wildman–Crippen MR) is 87.5 cm³/mol. The van der Waals surface area contributed by atoms with Gasteiger partial charge < -0.3 is 10.6 Å². The minimum Gasteiger partial charge on any atom is -0.335 e. The first-order valence-corrected chi connectivity index (χ1v) is 8.24. The normalized spacial score (nSPS) is 17.3. The van der Waals surface area contributed by atoms with Crippen molar-refractivity contribution < 1.29 is 4.79 Å². The molecule has 3 heteroatoms. The lowest BCUT2D eigenvalue weighted by Gasteiger charge is -2.25. The molecule has 3 nitrogen and oxygen atoms in total. The van der Waals surface area contributed by atoms with Crippen molar-refractivity contribution in [3.63, 3.8) is 0 Å². The summed E-state index contributed by atoms with van der Waals surface area (Å²) >= 11 is 0. The van der Waals surface area contributed by atoms with Gasteiger partial charge in [0.25, 0.3) is 0 Å². The van der Waals surface area contributed by atoms with E-state index in [-0.39, 0.29) is 12.1 Å². The third-order valence-electron chi connectivity index (χ3n) is 4.59. The molecule has 0 radical (unpaired) electrons. The van der Waals surface area contributed by atoms with Gasteiger partial charge in [0.2, 0.25) is 0 Å². The van der Waals surface area contributed by atoms with E-state index in [1.807, 2.05) is 0 Å². The Bertz CT molecular complexity index is 478. The number of hydrogen-bond acceptors (Lipinski definition) is 1. The molecule has 116 valence electrons. The van der Waals surface area contributed by atoms with Crippen LogP contribution in [0.3, 0.4) is 0 Å². The molecule has 1 fully saturated rings. The zero-order valence-corrected chi connectivity index (χ0v) is 13.5. The molecule has 21 heavy (non-hydrogen) atoms. The number of hydrogen-bond donors (Lipinski definition) is 2. The average Bonchev–Trinajstić information content (AvgIpc) is 2.49. The molecule has 0 saturated heterocycles. The van der Waals surface area contributed by atoms with Crippen molar-refractivity contribution in [1.29, 1.82) is 0 Å². The molecule has 2 N–H and O–H groups in total. The number of amides is 2. The lowest BCUT2D eigenvalue weighted by Crippen LogP contribution is -2.44. The van der Waals surface area contributed by atoms with Crippen LogP contribution in [0.25, 0.3) is 0 Å². The number of urea groups is 1. The van der Waals surface area contributed by atoms with E-state index in [9.17, 15) is 4.79 Å². The van der Waals surface area contributed by atoms with Gasteiger partial charge in [0.1, 0.15) is 0 Å². The number of aryl methyl sites for hydroxylation is 2. The molecule has 2 rings (SSSR count). The van der Waals surface area contributed by atoms with Crippen LogP contribution in [0.15, 0.2) is 18.2 Å². The smallest absolute Gasteiger partial charge is 0.315 e. The van der Waals surface area contributed by atoms with Crippen molar-refractivity contribution in [1.82, 2.24) is 10.6 Å². The summed E-state index contributed by atoms with van der Waals surface area (Å²) in [6.45, 7) is 6.34. The van der Waals surface area contributed by atoms with E-state index >= 15 is 0 Å². The Hall–Kier alpha value is -1.51. The molecular formula is C18H28N2O. The molecule has 0 heterocycles. The molecule has 1 aliphatic carbocycles. The molecule has 0 aliphatic heterocycles. The Labute approximate surface area is 128 Å². The average molecular weight is 288 g/mol. The molecular weight excluding hydrogens is 260 g/mol. The molecule has 0 unspecified atom stereocenters. The Morgan fingerprint density at radius 2 is 1.90 bits per heavy atom. The van der Waals surface area contributed by atoms with E-state index in [0.717, 1.165) is 19.3 Å². The lowest BCUT2D eigenvalue weighted by atomic mass is 9.95. The van der Waals surface area contributed by atoms with Crippen LogP contribution < -0.4 is 10.6 Å². The highest BCUT2D eigenvalue weighted by Gasteiger charge is 2.18. The summed E-state index contributed by atoms with van der Waals surface area (Å²) in [7, 11) is 0. The Morgan fingerprint density at radius 3 is 2.52 bits per heavy atom. The summed E-state index contributed by atoms with van der Waals surface area (Å²) in [6.07, 6.45) is 6.92. The Balaban J connectivity index is 1.94.